The molecule has 2 heterocycles. The Kier molecular flexibility index (Phi) is 4.70. The number of fused-ring (bicyclic) bond motifs is 2. The van der Waals surface area contributed by atoms with Gasteiger partial charge in [-0.05, 0) is 12.1 Å². The fourth-order valence-electron chi connectivity index (χ4n) is 4.15. The summed E-state index contributed by atoms with van der Waals surface area (Å²) in [4.78, 5) is 25.4. The second kappa shape index (κ2) is 7.20. The fraction of sp³-hybridized carbons (Fsp3) is 0.333. The highest BCUT2D eigenvalue weighted by Crippen LogP contribution is 2.51. The van der Waals surface area contributed by atoms with Gasteiger partial charge in [-0.1, -0.05) is 12.1 Å². The number of para-hydroxylation sites is 1. The van der Waals surface area contributed by atoms with Crippen LogP contribution in [0.4, 0.5) is 4.79 Å². The zero-order chi connectivity index (χ0) is 20.7. The Morgan fingerprint density at radius 2 is 1.76 bits per heavy atom. The number of carbonyl (C=O) groups excluding carboxylic acids is 1. The van der Waals surface area contributed by atoms with Crippen molar-refractivity contribution in [2.75, 3.05) is 28.4 Å². The number of carbonyl (C=O) groups is 1. The van der Waals surface area contributed by atoms with Gasteiger partial charge in [-0.25, -0.2) is 4.79 Å². The van der Waals surface area contributed by atoms with Gasteiger partial charge in [-0.15, -0.1) is 0 Å². The average Bonchev–Trinajstić information content (AvgIpc) is 2.76. The lowest BCUT2D eigenvalue weighted by Gasteiger charge is -2.31. The summed E-state index contributed by atoms with van der Waals surface area (Å²) < 4.78 is 24.5. The molecule has 1 N–H and O–H groups in total. The van der Waals surface area contributed by atoms with E-state index in [4.69, 9.17) is 18.9 Å². The molecule has 4 rings (SSSR count). The predicted octanol–water partition coefficient (Wildman–Crippen LogP) is 2.98. The quantitative estimate of drug-likeness (QED) is 0.680. The lowest BCUT2D eigenvalue weighted by molar-refractivity contribution is 0.0879. The number of nitrogens with zero attached hydrogens (tertiary/aromatic N) is 1. The topological polar surface area (TPSA) is 88.0 Å². The number of rotatable bonds is 4. The van der Waals surface area contributed by atoms with Crippen molar-refractivity contribution < 1.29 is 23.7 Å². The van der Waals surface area contributed by atoms with E-state index in [-0.39, 0.29) is 5.43 Å². The van der Waals surface area contributed by atoms with Crippen LogP contribution in [0.1, 0.15) is 18.1 Å². The molecule has 1 atom stereocenters. The van der Waals surface area contributed by atoms with Gasteiger partial charge in [0.15, 0.2) is 11.5 Å². The van der Waals surface area contributed by atoms with Gasteiger partial charge in [0, 0.05) is 25.4 Å². The van der Waals surface area contributed by atoms with Crippen LogP contribution in [0.25, 0.3) is 21.8 Å². The maximum atomic E-state index is 13.5. The van der Waals surface area contributed by atoms with Crippen LogP contribution in [0.2, 0.25) is 0 Å². The maximum Gasteiger partial charge on any atom is 0.407 e. The highest BCUT2D eigenvalue weighted by Gasteiger charge is 2.35. The van der Waals surface area contributed by atoms with Crippen LogP contribution in [0.3, 0.4) is 0 Å². The molecule has 29 heavy (non-hydrogen) atoms. The van der Waals surface area contributed by atoms with E-state index in [1.165, 1.54) is 28.4 Å². The minimum absolute atomic E-state index is 0.175. The molecule has 2 aromatic carbocycles. The summed E-state index contributed by atoms with van der Waals surface area (Å²) in [5.74, 6) is 0.978. The summed E-state index contributed by atoms with van der Waals surface area (Å²) in [5.41, 5.74) is 1.85. The molecule has 0 aliphatic carbocycles. The van der Waals surface area contributed by atoms with E-state index in [2.05, 4.69) is 9.88 Å². The molecule has 0 unspecified atom stereocenters. The van der Waals surface area contributed by atoms with E-state index in [1.807, 2.05) is 18.2 Å². The van der Waals surface area contributed by atoms with Crippen LogP contribution in [0, 0.1) is 0 Å². The number of pyridine rings is 1. The van der Waals surface area contributed by atoms with Crippen molar-refractivity contribution in [3.8, 4) is 17.2 Å². The largest absolute Gasteiger partial charge is 0.492 e. The molecule has 0 saturated heterocycles. The molecule has 0 bridgehead atoms. The molecule has 3 aromatic rings. The van der Waals surface area contributed by atoms with E-state index in [0.717, 1.165) is 5.52 Å². The van der Waals surface area contributed by atoms with Crippen molar-refractivity contribution in [1.82, 2.24) is 9.88 Å². The number of aryl methyl sites for hydroxylation is 1. The van der Waals surface area contributed by atoms with Crippen LogP contribution in [-0.2, 0) is 11.3 Å². The second-order valence-electron chi connectivity index (χ2n) is 6.67. The molecule has 1 aromatic heterocycles. The normalized spacial score (nSPS) is 15.2. The lowest BCUT2D eigenvalue weighted by atomic mass is 9.94. The Morgan fingerprint density at radius 1 is 1.07 bits per heavy atom. The third kappa shape index (κ3) is 2.66. The van der Waals surface area contributed by atoms with Gasteiger partial charge in [0.05, 0.1) is 43.3 Å². The SMILES string of the molecule is CNC(=O)O[C@@H]1CCn2c3ccccc3c(=O)c3c(OC)c(OC)c(OC)c1c32. The van der Waals surface area contributed by atoms with Gasteiger partial charge in [0.2, 0.25) is 11.2 Å². The highest BCUT2D eigenvalue weighted by atomic mass is 16.6. The van der Waals surface area contributed by atoms with Gasteiger partial charge in [0.1, 0.15) is 6.10 Å². The summed E-state index contributed by atoms with van der Waals surface area (Å²) >= 11 is 0. The van der Waals surface area contributed by atoms with Crippen molar-refractivity contribution in [1.29, 1.82) is 0 Å². The molecule has 1 aliphatic rings. The third-order valence-corrected chi connectivity index (χ3v) is 5.32. The average molecular weight is 398 g/mol. The van der Waals surface area contributed by atoms with Gasteiger partial charge in [0.25, 0.3) is 0 Å². The minimum atomic E-state index is -0.604. The molecular formula is C21H22N2O6. The summed E-state index contributed by atoms with van der Waals surface area (Å²) in [6, 6.07) is 7.42. The van der Waals surface area contributed by atoms with Gasteiger partial charge in [-0.3, -0.25) is 4.79 Å². The predicted molar refractivity (Wildman–Crippen MR) is 108 cm³/mol. The lowest BCUT2D eigenvalue weighted by Crippen LogP contribution is -2.27. The number of hydrogen-bond acceptors (Lipinski definition) is 6. The van der Waals surface area contributed by atoms with E-state index in [0.29, 0.717) is 52.1 Å². The monoisotopic (exact) mass is 398 g/mol. The number of aromatic nitrogens is 1. The van der Waals surface area contributed by atoms with E-state index < -0.39 is 12.2 Å². The maximum absolute atomic E-state index is 13.5. The molecule has 1 amide bonds. The zero-order valence-electron chi connectivity index (χ0n) is 16.7. The highest BCUT2D eigenvalue weighted by molar-refractivity contribution is 6.02. The van der Waals surface area contributed by atoms with E-state index in [1.54, 1.807) is 6.07 Å². The number of hydrogen-bond donors (Lipinski definition) is 1. The third-order valence-electron chi connectivity index (χ3n) is 5.32. The Bertz CT molecular complexity index is 1180. The molecule has 8 heteroatoms. The van der Waals surface area contributed by atoms with Crippen LogP contribution in [-0.4, -0.2) is 39.0 Å². The standard InChI is InChI=1S/C21H22N2O6/c1-22-21(25)29-13-9-10-23-12-8-6-5-7-11(12)17(24)15-16(23)14(13)18(26-2)20(28-4)19(15)27-3/h5-8,13H,9-10H2,1-4H3,(H,22,25)/t13-/m1/s1. The Hall–Kier alpha value is -3.42. The molecule has 0 radical (unpaired) electrons. The number of amides is 1. The molecule has 8 nitrogen and oxygen atoms in total. The van der Waals surface area contributed by atoms with Gasteiger partial charge >= 0.3 is 6.09 Å². The van der Waals surface area contributed by atoms with Crippen LogP contribution < -0.4 is 25.0 Å². The molecule has 1 aliphatic heterocycles. The first-order valence-electron chi connectivity index (χ1n) is 9.22. The summed E-state index contributed by atoms with van der Waals surface area (Å²) in [7, 11) is 5.98. The Balaban J connectivity index is 2.23. The smallest absolute Gasteiger partial charge is 0.407 e. The second-order valence-corrected chi connectivity index (χ2v) is 6.67. The van der Waals surface area contributed by atoms with Crippen molar-refractivity contribution in [2.45, 2.75) is 19.1 Å². The molecule has 0 saturated carbocycles. The van der Waals surface area contributed by atoms with Crippen LogP contribution >= 0.6 is 0 Å². The minimum Gasteiger partial charge on any atom is -0.492 e. The number of nitrogens with one attached hydrogen (secondary N) is 1. The van der Waals surface area contributed by atoms with E-state index >= 15 is 0 Å². The van der Waals surface area contributed by atoms with Crippen molar-refractivity contribution in [2.24, 2.45) is 0 Å². The molecule has 0 spiro atoms. The first kappa shape index (κ1) is 18.9. The summed E-state index contributed by atoms with van der Waals surface area (Å²) in [6.07, 6.45) is -0.641. The van der Waals surface area contributed by atoms with E-state index in [9.17, 15) is 9.59 Å². The number of benzene rings is 2. The number of alkyl carbamates (subject to hydrolysis) is 1. The Morgan fingerprint density at radius 3 is 2.41 bits per heavy atom. The number of methoxy groups -OCH3 is 3. The summed E-state index contributed by atoms with van der Waals surface area (Å²) in [5, 5.41) is 3.44. The zero-order valence-corrected chi connectivity index (χ0v) is 16.7. The summed E-state index contributed by atoms with van der Waals surface area (Å²) in [6.45, 7) is 0.560. The van der Waals surface area contributed by atoms with Crippen LogP contribution in [0.5, 0.6) is 17.2 Å². The van der Waals surface area contributed by atoms with Crippen molar-refractivity contribution in [3.05, 3.63) is 40.1 Å². The first-order chi connectivity index (χ1) is 14.1. The van der Waals surface area contributed by atoms with Crippen LogP contribution in [0.15, 0.2) is 29.1 Å². The first-order valence-corrected chi connectivity index (χ1v) is 9.22. The molecule has 0 fully saturated rings. The fourth-order valence-corrected chi connectivity index (χ4v) is 4.15. The molecular weight excluding hydrogens is 376 g/mol. The van der Waals surface area contributed by atoms with Gasteiger partial charge in [-0.2, -0.15) is 0 Å². The number of ether oxygens (including phenoxy) is 4. The Labute approximate surface area is 166 Å². The molecule has 152 valence electrons. The van der Waals surface area contributed by atoms with Crippen molar-refractivity contribution >= 4 is 27.9 Å². The van der Waals surface area contributed by atoms with Gasteiger partial charge < -0.3 is 28.8 Å². The van der Waals surface area contributed by atoms with Crippen molar-refractivity contribution in [3.63, 3.8) is 0 Å².